The van der Waals surface area contributed by atoms with Crippen molar-refractivity contribution in [3.8, 4) is 0 Å². The molecule has 0 saturated heterocycles. The van der Waals surface area contributed by atoms with Crippen LogP contribution in [0.4, 0.5) is 5.69 Å². The minimum Gasteiger partial charge on any atom is -0.481 e. The van der Waals surface area contributed by atoms with Gasteiger partial charge in [-0.3, -0.25) is 9.59 Å². The van der Waals surface area contributed by atoms with E-state index in [1.807, 2.05) is 0 Å². The second kappa shape index (κ2) is 6.70. The Morgan fingerprint density at radius 1 is 1.12 bits per heavy atom. The quantitative estimate of drug-likeness (QED) is 0.829. The molecule has 0 bridgehead atoms. The van der Waals surface area contributed by atoms with Gasteiger partial charge in [-0.05, 0) is 50.8 Å². The highest BCUT2D eigenvalue weighted by Crippen LogP contribution is 2.26. The molecule has 6 nitrogen and oxygen atoms in total. The Labute approximate surface area is 146 Å². The maximum Gasteiger partial charge on any atom is 0.313 e. The van der Waals surface area contributed by atoms with Gasteiger partial charge in [0.05, 0.1) is 5.41 Å². The Morgan fingerprint density at radius 2 is 1.80 bits per heavy atom. The average Bonchev–Trinajstić information content (AvgIpc) is 2.84. The molecule has 0 aliphatic heterocycles. The van der Waals surface area contributed by atoms with E-state index in [1.165, 1.54) is 0 Å². The van der Waals surface area contributed by atoms with Crippen molar-refractivity contribution in [2.75, 3.05) is 5.32 Å². The van der Waals surface area contributed by atoms with E-state index in [1.54, 1.807) is 38.1 Å². The zero-order valence-electron chi connectivity index (χ0n) is 14.5. The Kier molecular flexibility index (Phi) is 4.61. The Balaban J connectivity index is 1.76. The standard InChI is InChI=1S/C19H22N2O4/c1-19(2,18(23)24)12-8-10-13(11-9-12)20-17(22)16-14-6-4-3-5-7-15(14)25-21-16/h8-11H,3-7H2,1-2H3,(H,20,22)(H,23,24). The molecule has 0 fully saturated rings. The number of rotatable bonds is 4. The average molecular weight is 342 g/mol. The molecule has 0 radical (unpaired) electrons. The molecule has 1 aromatic heterocycles. The normalized spacial score (nSPS) is 14.5. The molecular formula is C19H22N2O4. The summed E-state index contributed by atoms with van der Waals surface area (Å²) in [5.74, 6) is -0.368. The van der Waals surface area contributed by atoms with Crippen LogP contribution in [0, 0.1) is 0 Å². The Hall–Kier alpha value is -2.63. The fourth-order valence-electron chi connectivity index (χ4n) is 3.02. The molecule has 0 atom stereocenters. The molecule has 1 aromatic carbocycles. The summed E-state index contributed by atoms with van der Waals surface area (Å²) in [5.41, 5.74) is 1.56. The highest BCUT2D eigenvalue weighted by atomic mass is 16.5. The maximum absolute atomic E-state index is 12.5. The van der Waals surface area contributed by atoms with Crippen LogP contribution < -0.4 is 5.32 Å². The van der Waals surface area contributed by atoms with Gasteiger partial charge < -0.3 is 14.9 Å². The van der Waals surface area contributed by atoms with E-state index < -0.39 is 11.4 Å². The SMILES string of the molecule is CC(C)(C(=O)O)c1ccc(NC(=O)c2noc3c2CCCCC3)cc1. The highest BCUT2D eigenvalue weighted by Gasteiger charge is 2.29. The second-order valence-corrected chi connectivity index (χ2v) is 6.96. The summed E-state index contributed by atoms with van der Waals surface area (Å²) in [6.45, 7) is 3.29. The zero-order chi connectivity index (χ0) is 18.0. The summed E-state index contributed by atoms with van der Waals surface area (Å²) < 4.78 is 5.34. The van der Waals surface area contributed by atoms with E-state index in [2.05, 4.69) is 10.5 Å². The van der Waals surface area contributed by atoms with Gasteiger partial charge in [-0.25, -0.2) is 0 Å². The summed E-state index contributed by atoms with van der Waals surface area (Å²) >= 11 is 0. The molecule has 0 saturated carbocycles. The molecule has 0 unspecified atom stereocenters. The first-order chi connectivity index (χ1) is 11.9. The maximum atomic E-state index is 12.5. The highest BCUT2D eigenvalue weighted by molar-refractivity contribution is 6.04. The summed E-state index contributed by atoms with van der Waals surface area (Å²) in [6.07, 6.45) is 4.87. The lowest BCUT2D eigenvalue weighted by Crippen LogP contribution is -2.28. The van der Waals surface area contributed by atoms with E-state index in [-0.39, 0.29) is 5.91 Å². The number of carboxylic acids is 1. The lowest BCUT2D eigenvalue weighted by molar-refractivity contribution is -0.142. The molecule has 1 heterocycles. The van der Waals surface area contributed by atoms with E-state index >= 15 is 0 Å². The molecule has 1 aliphatic rings. The van der Waals surface area contributed by atoms with Crippen LogP contribution >= 0.6 is 0 Å². The van der Waals surface area contributed by atoms with Crippen LogP contribution in [0.3, 0.4) is 0 Å². The van der Waals surface area contributed by atoms with Crippen LogP contribution in [-0.2, 0) is 23.1 Å². The topological polar surface area (TPSA) is 92.4 Å². The van der Waals surface area contributed by atoms with E-state index in [4.69, 9.17) is 4.52 Å². The molecule has 25 heavy (non-hydrogen) atoms. The molecule has 6 heteroatoms. The summed E-state index contributed by atoms with van der Waals surface area (Å²) in [7, 11) is 0. The van der Waals surface area contributed by atoms with Crippen molar-refractivity contribution < 1.29 is 19.2 Å². The smallest absolute Gasteiger partial charge is 0.313 e. The lowest BCUT2D eigenvalue weighted by Gasteiger charge is -2.19. The number of aromatic nitrogens is 1. The number of hydrogen-bond donors (Lipinski definition) is 2. The molecule has 1 amide bonds. The number of anilines is 1. The van der Waals surface area contributed by atoms with Gasteiger partial charge in [-0.2, -0.15) is 0 Å². The fourth-order valence-corrected chi connectivity index (χ4v) is 3.02. The zero-order valence-corrected chi connectivity index (χ0v) is 14.5. The predicted octanol–water partition coefficient (Wildman–Crippen LogP) is 3.56. The Bertz CT molecular complexity index is 790. The number of amides is 1. The van der Waals surface area contributed by atoms with E-state index in [0.29, 0.717) is 16.9 Å². The van der Waals surface area contributed by atoms with Gasteiger partial charge in [0.1, 0.15) is 5.76 Å². The number of hydrogen-bond acceptors (Lipinski definition) is 4. The molecule has 2 N–H and O–H groups in total. The van der Waals surface area contributed by atoms with Gasteiger partial charge in [0, 0.05) is 17.7 Å². The number of nitrogens with one attached hydrogen (secondary N) is 1. The number of carbonyl (C=O) groups is 2. The van der Waals surface area contributed by atoms with Crippen LogP contribution in [0.25, 0.3) is 0 Å². The van der Waals surface area contributed by atoms with Gasteiger partial charge in [-0.15, -0.1) is 0 Å². The van der Waals surface area contributed by atoms with Crippen LogP contribution in [0.5, 0.6) is 0 Å². The number of nitrogens with zero attached hydrogens (tertiary/aromatic N) is 1. The minimum atomic E-state index is -0.980. The lowest BCUT2D eigenvalue weighted by atomic mass is 9.85. The first kappa shape index (κ1) is 17.2. The van der Waals surface area contributed by atoms with Crippen molar-refractivity contribution in [2.45, 2.75) is 51.4 Å². The fraction of sp³-hybridized carbons (Fsp3) is 0.421. The van der Waals surface area contributed by atoms with Crippen molar-refractivity contribution in [1.29, 1.82) is 0 Å². The number of aliphatic carboxylic acids is 1. The van der Waals surface area contributed by atoms with E-state index in [0.717, 1.165) is 43.4 Å². The van der Waals surface area contributed by atoms with Gasteiger partial charge in [0.15, 0.2) is 5.69 Å². The minimum absolute atomic E-state index is 0.294. The molecule has 3 rings (SSSR count). The van der Waals surface area contributed by atoms with Crippen LogP contribution in [-0.4, -0.2) is 22.1 Å². The van der Waals surface area contributed by atoms with Crippen molar-refractivity contribution in [1.82, 2.24) is 5.16 Å². The van der Waals surface area contributed by atoms with Gasteiger partial charge in [0.2, 0.25) is 0 Å². The van der Waals surface area contributed by atoms with E-state index in [9.17, 15) is 14.7 Å². The van der Waals surface area contributed by atoms with Crippen molar-refractivity contribution in [3.05, 3.63) is 46.8 Å². The van der Waals surface area contributed by atoms with Crippen LogP contribution in [0.2, 0.25) is 0 Å². The molecule has 132 valence electrons. The monoisotopic (exact) mass is 342 g/mol. The first-order valence-corrected chi connectivity index (χ1v) is 8.52. The summed E-state index contributed by atoms with van der Waals surface area (Å²) in [6, 6.07) is 6.84. The number of aryl methyl sites for hydroxylation is 1. The van der Waals surface area contributed by atoms with Crippen molar-refractivity contribution in [2.24, 2.45) is 0 Å². The van der Waals surface area contributed by atoms with Gasteiger partial charge in [-0.1, -0.05) is 23.7 Å². The molecule has 1 aliphatic carbocycles. The third-order valence-electron chi connectivity index (χ3n) is 4.81. The van der Waals surface area contributed by atoms with Crippen LogP contribution in [0.15, 0.2) is 28.8 Å². The third kappa shape index (κ3) is 3.43. The second-order valence-electron chi connectivity index (χ2n) is 6.96. The van der Waals surface area contributed by atoms with Crippen LogP contribution in [0.1, 0.15) is 60.5 Å². The molecule has 0 spiro atoms. The van der Waals surface area contributed by atoms with Gasteiger partial charge in [0.25, 0.3) is 5.91 Å². The third-order valence-corrected chi connectivity index (χ3v) is 4.81. The molecule has 2 aromatic rings. The Morgan fingerprint density at radius 3 is 2.48 bits per heavy atom. The summed E-state index contributed by atoms with van der Waals surface area (Å²) in [4.78, 5) is 23.8. The number of fused-ring (bicyclic) bond motifs is 1. The molecular weight excluding hydrogens is 320 g/mol. The number of carbonyl (C=O) groups excluding carboxylic acids is 1. The first-order valence-electron chi connectivity index (χ1n) is 8.52. The van der Waals surface area contributed by atoms with Crippen molar-refractivity contribution >= 4 is 17.6 Å². The number of benzene rings is 1. The van der Waals surface area contributed by atoms with Gasteiger partial charge >= 0.3 is 5.97 Å². The largest absolute Gasteiger partial charge is 0.481 e. The number of carboxylic acid groups (broad SMARTS) is 1. The van der Waals surface area contributed by atoms with Crippen molar-refractivity contribution in [3.63, 3.8) is 0 Å². The summed E-state index contributed by atoms with van der Waals surface area (Å²) in [5, 5.41) is 16.0. The predicted molar refractivity (Wildman–Crippen MR) is 92.8 cm³/mol.